The first-order valence-electron chi connectivity index (χ1n) is 6.50. The van der Waals surface area contributed by atoms with Crippen LogP contribution in [-0.2, 0) is 6.54 Å². The van der Waals surface area contributed by atoms with Gasteiger partial charge in [-0.25, -0.2) is 0 Å². The zero-order valence-corrected chi connectivity index (χ0v) is 12.1. The van der Waals surface area contributed by atoms with Crippen molar-refractivity contribution in [2.45, 2.75) is 11.4 Å². The van der Waals surface area contributed by atoms with E-state index in [0.29, 0.717) is 6.54 Å². The fraction of sp³-hybridized carbons (Fsp3) is 0.118. The van der Waals surface area contributed by atoms with Gasteiger partial charge >= 0.3 is 0 Å². The number of pyridine rings is 1. The largest absolute Gasteiger partial charge is 0.304 e. The lowest BCUT2D eigenvalue weighted by molar-refractivity contribution is 0.790. The number of rotatable bonds is 3. The maximum atomic E-state index is 12.4. The molecule has 20 heavy (non-hydrogen) atoms. The van der Waals surface area contributed by atoms with Crippen LogP contribution in [-0.4, -0.2) is 10.8 Å². The van der Waals surface area contributed by atoms with Gasteiger partial charge < -0.3 is 4.57 Å². The van der Waals surface area contributed by atoms with Crippen LogP contribution >= 0.6 is 11.8 Å². The molecule has 0 aliphatic rings. The fourth-order valence-electron chi connectivity index (χ4n) is 2.40. The standard InChI is InChI=1S/C17H15NOS/c1-20-16-11-17(19)18(12-13-7-3-2-4-8-13)15-10-6-5-9-14(15)16/h2-11H,12H2,1H3. The van der Waals surface area contributed by atoms with E-state index in [4.69, 9.17) is 0 Å². The third-order valence-corrected chi connectivity index (χ3v) is 4.16. The number of fused-ring (bicyclic) bond motifs is 1. The highest BCUT2D eigenvalue weighted by molar-refractivity contribution is 7.98. The van der Waals surface area contributed by atoms with Crippen LogP contribution in [0, 0.1) is 0 Å². The summed E-state index contributed by atoms with van der Waals surface area (Å²) in [6, 6.07) is 19.9. The van der Waals surface area contributed by atoms with Crippen molar-refractivity contribution in [1.29, 1.82) is 0 Å². The van der Waals surface area contributed by atoms with Crippen LogP contribution in [0.5, 0.6) is 0 Å². The second-order valence-electron chi connectivity index (χ2n) is 4.64. The Morgan fingerprint density at radius 3 is 2.45 bits per heavy atom. The molecule has 3 rings (SSSR count). The lowest BCUT2D eigenvalue weighted by atomic mass is 10.2. The molecule has 0 saturated carbocycles. The maximum absolute atomic E-state index is 12.4. The summed E-state index contributed by atoms with van der Waals surface area (Å²) in [4.78, 5) is 13.4. The van der Waals surface area contributed by atoms with Gasteiger partial charge in [0.1, 0.15) is 0 Å². The van der Waals surface area contributed by atoms with E-state index >= 15 is 0 Å². The molecule has 0 aliphatic heterocycles. The minimum atomic E-state index is 0.0527. The number of hydrogen-bond donors (Lipinski definition) is 0. The van der Waals surface area contributed by atoms with Gasteiger partial charge in [-0.3, -0.25) is 4.79 Å². The molecule has 3 heteroatoms. The second-order valence-corrected chi connectivity index (χ2v) is 5.49. The van der Waals surface area contributed by atoms with Crippen LogP contribution in [0.1, 0.15) is 5.56 Å². The molecule has 0 saturated heterocycles. The van der Waals surface area contributed by atoms with Crippen LogP contribution in [0.25, 0.3) is 10.9 Å². The zero-order valence-electron chi connectivity index (χ0n) is 11.2. The summed E-state index contributed by atoms with van der Waals surface area (Å²) in [5.74, 6) is 0. The van der Waals surface area contributed by atoms with Crippen molar-refractivity contribution in [2.75, 3.05) is 6.26 Å². The molecule has 0 N–H and O–H groups in total. The molecule has 0 aliphatic carbocycles. The van der Waals surface area contributed by atoms with Crippen molar-refractivity contribution in [3.05, 3.63) is 76.6 Å². The van der Waals surface area contributed by atoms with E-state index in [0.717, 1.165) is 21.4 Å². The highest BCUT2D eigenvalue weighted by Crippen LogP contribution is 2.24. The summed E-state index contributed by atoms with van der Waals surface area (Å²) in [6.45, 7) is 0.606. The van der Waals surface area contributed by atoms with Crippen molar-refractivity contribution in [2.24, 2.45) is 0 Å². The summed E-state index contributed by atoms with van der Waals surface area (Å²) >= 11 is 1.61. The van der Waals surface area contributed by atoms with E-state index in [-0.39, 0.29) is 5.56 Å². The Bertz CT molecular complexity index is 793. The quantitative estimate of drug-likeness (QED) is 0.682. The second kappa shape index (κ2) is 5.55. The Morgan fingerprint density at radius 1 is 1.00 bits per heavy atom. The maximum Gasteiger partial charge on any atom is 0.252 e. The predicted molar refractivity (Wildman–Crippen MR) is 85.5 cm³/mol. The summed E-state index contributed by atoms with van der Waals surface area (Å²) < 4.78 is 1.84. The van der Waals surface area contributed by atoms with Gasteiger partial charge in [0.15, 0.2) is 0 Å². The normalized spacial score (nSPS) is 10.8. The van der Waals surface area contributed by atoms with Crippen LogP contribution in [0.3, 0.4) is 0 Å². The molecular formula is C17H15NOS. The highest BCUT2D eigenvalue weighted by Gasteiger charge is 2.08. The molecule has 0 unspecified atom stereocenters. The third kappa shape index (κ3) is 2.37. The van der Waals surface area contributed by atoms with Gasteiger partial charge in [0.25, 0.3) is 5.56 Å². The molecule has 2 aromatic carbocycles. The van der Waals surface area contributed by atoms with Crippen molar-refractivity contribution < 1.29 is 0 Å². The molecule has 2 nitrogen and oxygen atoms in total. The van der Waals surface area contributed by atoms with Crippen LogP contribution in [0.15, 0.2) is 70.4 Å². The topological polar surface area (TPSA) is 22.0 Å². The molecule has 0 radical (unpaired) electrons. The molecule has 0 bridgehead atoms. The summed E-state index contributed by atoms with van der Waals surface area (Å²) in [7, 11) is 0. The van der Waals surface area contributed by atoms with Gasteiger partial charge in [-0.2, -0.15) is 0 Å². The molecule has 1 aromatic heterocycles. The Hall–Kier alpha value is -2.00. The Balaban J connectivity index is 2.20. The van der Waals surface area contributed by atoms with Crippen LogP contribution in [0.4, 0.5) is 0 Å². The molecule has 0 atom stereocenters. The Labute approximate surface area is 122 Å². The average Bonchev–Trinajstić information content (AvgIpc) is 2.51. The third-order valence-electron chi connectivity index (χ3n) is 3.38. The number of hydrogen-bond acceptors (Lipinski definition) is 2. The molecular weight excluding hydrogens is 266 g/mol. The average molecular weight is 281 g/mol. The first-order valence-corrected chi connectivity index (χ1v) is 7.72. The lowest BCUT2D eigenvalue weighted by Crippen LogP contribution is -2.20. The molecule has 0 fully saturated rings. The smallest absolute Gasteiger partial charge is 0.252 e. The fourth-order valence-corrected chi connectivity index (χ4v) is 3.01. The first kappa shape index (κ1) is 13.0. The van der Waals surface area contributed by atoms with Gasteiger partial charge in [-0.05, 0) is 17.9 Å². The molecule has 3 aromatic rings. The van der Waals surface area contributed by atoms with E-state index < -0.39 is 0 Å². The van der Waals surface area contributed by atoms with E-state index in [2.05, 4.69) is 6.07 Å². The minimum absolute atomic E-state index is 0.0527. The number of para-hydroxylation sites is 1. The Kier molecular flexibility index (Phi) is 3.61. The van der Waals surface area contributed by atoms with Gasteiger partial charge in [-0.1, -0.05) is 48.5 Å². The molecule has 0 spiro atoms. The van der Waals surface area contributed by atoms with Crippen LogP contribution in [0.2, 0.25) is 0 Å². The SMILES string of the molecule is CSc1cc(=O)n(Cc2ccccc2)c2ccccc12. The van der Waals surface area contributed by atoms with Gasteiger partial charge in [0, 0.05) is 16.3 Å². The van der Waals surface area contributed by atoms with Gasteiger partial charge in [0.05, 0.1) is 12.1 Å². The van der Waals surface area contributed by atoms with Gasteiger partial charge in [0.2, 0.25) is 0 Å². The number of nitrogens with zero attached hydrogens (tertiary/aromatic N) is 1. The van der Waals surface area contributed by atoms with E-state index in [1.807, 2.05) is 59.4 Å². The van der Waals surface area contributed by atoms with E-state index in [1.54, 1.807) is 17.8 Å². The molecule has 100 valence electrons. The van der Waals surface area contributed by atoms with Crippen molar-refractivity contribution >= 4 is 22.7 Å². The predicted octanol–water partition coefficient (Wildman–Crippen LogP) is 3.77. The number of benzene rings is 2. The van der Waals surface area contributed by atoms with E-state index in [1.165, 1.54) is 0 Å². The highest BCUT2D eigenvalue weighted by atomic mass is 32.2. The minimum Gasteiger partial charge on any atom is -0.304 e. The van der Waals surface area contributed by atoms with Crippen molar-refractivity contribution in [1.82, 2.24) is 4.57 Å². The zero-order chi connectivity index (χ0) is 13.9. The summed E-state index contributed by atoms with van der Waals surface area (Å²) in [5.41, 5.74) is 2.18. The summed E-state index contributed by atoms with van der Waals surface area (Å²) in [5, 5.41) is 1.13. The van der Waals surface area contributed by atoms with E-state index in [9.17, 15) is 4.79 Å². The van der Waals surface area contributed by atoms with Crippen LogP contribution < -0.4 is 5.56 Å². The van der Waals surface area contributed by atoms with Crippen molar-refractivity contribution in [3.8, 4) is 0 Å². The summed E-state index contributed by atoms with van der Waals surface area (Å²) in [6.07, 6.45) is 2.00. The Morgan fingerprint density at radius 2 is 1.70 bits per heavy atom. The van der Waals surface area contributed by atoms with Crippen molar-refractivity contribution in [3.63, 3.8) is 0 Å². The number of thioether (sulfide) groups is 1. The molecule has 1 heterocycles. The first-order chi connectivity index (χ1) is 9.79. The van der Waals surface area contributed by atoms with Gasteiger partial charge in [-0.15, -0.1) is 11.8 Å². The monoisotopic (exact) mass is 281 g/mol. The lowest BCUT2D eigenvalue weighted by Gasteiger charge is -2.12. The molecule has 0 amide bonds. The number of aromatic nitrogens is 1.